The molecule has 0 aliphatic carbocycles. The molecule has 0 N–H and O–H groups in total. The van der Waals surface area contributed by atoms with Gasteiger partial charge in [0.05, 0.1) is 25.5 Å². The number of morpholine rings is 1. The number of piperidine rings is 1. The minimum Gasteiger partial charge on any atom is -0.378 e. The zero-order valence-corrected chi connectivity index (χ0v) is 18.0. The lowest BCUT2D eigenvalue weighted by molar-refractivity contribution is 0.0723. The van der Waals surface area contributed by atoms with E-state index in [0.717, 1.165) is 68.2 Å². The first-order valence-corrected chi connectivity index (χ1v) is 11.3. The molecule has 1 aromatic carbocycles. The number of ether oxygens (including phenoxy) is 1. The summed E-state index contributed by atoms with van der Waals surface area (Å²) >= 11 is 0. The highest BCUT2D eigenvalue weighted by atomic mass is 19.1. The van der Waals surface area contributed by atoms with Crippen LogP contribution in [0.25, 0.3) is 0 Å². The van der Waals surface area contributed by atoms with Crippen LogP contribution in [0.3, 0.4) is 0 Å². The molecule has 1 aromatic heterocycles. The molecule has 2 fully saturated rings. The molecule has 1 amide bonds. The molecular weight excluding hydrogens is 416 g/mol. The minimum absolute atomic E-state index is 0.247. The highest BCUT2D eigenvalue weighted by Gasteiger charge is 2.31. The van der Waals surface area contributed by atoms with Gasteiger partial charge in [-0.05, 0) is 31.4 Å². The largest absolute Gasteiger partial charge is 0.378 e. The highest BCUT2D eigenvalue weighted by Crippen LogP contribution is 2.32. The number of halogens is 2. The molecule has 170 valence electrons. The number of carbonyl (C=O) groups is 1. The number of nitrogens with zero attached hydrogens (tertiary/aromatic N) is 5. The lowest BCUT2D eigenvalue weighted by atomic mass is 10.0. The molecule has 0 unspecified atom stereocenters. The number of anilines is 2. The lowest BCUT2D eigenvalue weighted by Gasteiger charge is -2.36. The van der Waals surface area contributed by atoms with Crippen LogP contribution in [-0.4, -0.2) is 66.7 Å². The number of fused-ring (bicyclic) bond motifs is 1. The number of carbonyl (C=O) groups excluding carboxylic acids is 1. The molecule has 4 heterocycles. The maximum absolute atomic E-state index is 14.2. The van der Waals surface area contributed by atoms with E-state index in [1.807, 2.05) is 0 Å². The molecule has 7 nitrogen and oxygen atoms in total. The van der Waals surface area contributed by atoms with Gasteiger partial charge in [0.25, 0.3) is 5.91 Å². The van der Waals surface area contributed by atoms with E-state index >= 15 is 0 Å². The molecule has 2 saturated heterocycles. The summed E-state index contributed by atoms with van der Waals surface area (Å²) in [6, 6.07) is 3.50. The Hall–Kier alpha value is -2.81. The first-order valence-electron chi connectivity index (χ1n) is 11.3. The van der Waals surface area contributed by atoms with Gasteiger partial charge >= 0.3 is 0 Å². The summed E-state index contributed by atoms with van der Waals surface area (Å²) in [6.07, 6.45) is 3.90. The zero-order valence-electron chi connectivity index (χ0n) is 18.0. The SMILES string of the molecule is O=C(c1c(F)cccc1F)N1CCc2nc(N3CCOCC3)nc(N3CCCCC3)c2C1. The second-order valence-corrected chi connectivity index (χ2v) is 8.49. The van der Waals surface area contributed by atoms with Gasteiger partial charge in [-0.15, -0.1) is 0 Å². The van der Waals surface area contributed by atoms with Gasteiger partial charge in [-0.2, -0.15) is 4.98 Å². The number of benzene rings is 1. The summed E-state index contributed by atoms with van der Waals surface area (Å²) in [4.78, 5) is 28.7. The first-order chi connectivity index (χ1) is 15.6. The molecule has 9 heteroatoms. The lowest BCUT2D eigenvalue weighted by Crippen LogP contribution is -2.41. The van der Waals surface area contributed by atoms with Crippen molar-refractivity contribution in [2.75, 3.05) is 55.7 Å². The maximum atomic E-state index is 14.2. The molecule has 0 radical (unpaired) electrons. The van der Waals surface area contributed by atoms with Gasteiger partial charge in [-0.3, -0.25) is 4.79 Å². The molecular formula is C23H27F2N5O2. The average molecular weight is 443 g/mol. The third kappa shape index (κ3) is 4.01. The Labute approximate surface area is 186 Å². The van der Waals surface area contributed by atoms with Gasteiger partial charge < -0.3 is 19.4 Å². The molecule has 3 aliphatic heterocycles. The average Bonchev–Trinajstić information content (AvgIpc) is 2.84. The predicted molar refractivity (Wildman–Crippen MR) is 116 cm³/mol. The van der Waals surface area contributed by atoms with Crippen molar-refractivity contribution in [1.29, 1.82) is 0 Å². The van der Waals surface area contributed by atoms with Crippen LogP contribution in [0.1, 0.15) is 40.9 Å². The van der Waals surface area contributed by atoms with Crippen LogP contribution < -0.4 is 9.80 Å². The molecule has 0 bridgehead atoms. The van der Waals surface area contributed by atoms with E-state index in [1.165, 1.54) is 17.4 Å². The van der Waals surface area contributed by atoms with Gasteiger partial charge in [-0.1, -0.05) is 6.07 Å². The molecule has 0 spiro atoms. The van der Waals surface area contributed by atoms with Crippen molar-refractivity contribution in [3.05, 3.63) is 46.7 Å². The van der Waals surface area contributed by atoms with E-state index in [9.17, 15) is 13.6 Å². The second kappa shape index (κ2) is 8.97. The Morgan fingerprint density at radius 2 is 1.62 bits per heavy atom. The Morgan fingerprint density at radius 3 is 2.34 bits per heavy atom. The van der Waals surface area contributed by atoms with Crippen LogP contribution >= 0.6 is 0 Å². The fourth-order valence-corrected chi connectivity index (χ4v) is 4.69. The third-order valence-electron chi connectivity index (χ3n) is 6.44. The van der Waals surface area contributed by atoms with Crippen LogP contribution in [0.2, 0.25) is 0 Å². The number of rotatable bonds is 3. The number of aromatic nitrogens is 2. The van der Waals surface area contributed by atoms with Gasteiger partial charge in [0.2, 0.25) is 5.95 Å². The van der Waals surface area contributed by atoms with Gasteiger partial charge in [-0.25, -0.2) is 13.8 Å². The standard InChI is InChI=1S/C23H27F2N5O2/c24-17-5-4-6-18(25)20(17)22(31)30-10-7-19-16(15-30)21(28-8-2-1-3-9-28)27-23(26-19)29-11-13-32-14-12-29/h4-6H,1-3,7-15H2. The van der Waals surface area contributed by atoms with Gasteiger partial charge in [0.15, 0.2) is 0 Å². The van der Waals surface area contributed by atoms with Crippen LogP contribution in [0.5, 0.6) is 0 Å². The van der Waals surface area contributed by atoms with Crippen molar-refractivity contribution in [3.8, 4) is 0 Å². The quantitative estimate of drug-likeness (QED) is 0.727. The molecule has 2 aromatic rings. The first kappa shape index (κ1) is 21.1. The van der Waals surface area contributed by atoms with Crippen molar-refractivity contribution in [2.24, 2.45) is 0 Å². The van der Waals surface area contributed by atoms with E-state index in [-0.39, 0.29) is 6.54 Å². The molecule has 0 saturated carbocycles. The van der Waals surface area contributed by atoms with Crippen LogP contribution in [0, 0.1) is 11.6 Å². The van der Waals surface area contributed by atoms with Crippen LogP contribution in [0.4, 0.5) is 20.5 Å². The second-order valence-electron chi connectivity index (χ2n) is 8.49. The molecule has 3 aliphatic rings. The Bertz CT molecular complexity index is 986. The Morgan fingerprint density at radius 1 is 0.906 bits per heavy atom. The summed E-state index contributed by atoms with van der Waals surface area (Å²) in [5.74, 6) is -0.754. The van der Waals surface area contributed by atoms with E-state index < -0.39 is 23.1 Å². The van der Waals surface area contributed by atoms with Crippen molar-refractivity contribution < 1.29 is 18.3 Å². The normalized spacial score (nSPS) is 19.1. The summed E-state index contributed by atoms with van der Waals surface area (Å²) in [5.41, 5.74) is 1.31. The highest BCUT2D eigenvalue weighted by molar-refractivity contribution is 5.95. The van der Waals surface area contributed by atoms with Crippen LogP contribution in [-0.2, 0) is 17.7 Å². The fraction of sp³-hybridized carbons (Fsp3) is 0.522. The van der Waals surface area contributed by atoms with Crippen molar-refractivity contribution in [1.82, 2.24) is 14.9 Å². The van der Waals surface area contributed by atoms with E-state index in [4.69, 9.17) is 14.7 Å². The van der Waals surface area contributed by atoms with Gasteiger partial charge in [0, 0.05) is 44.7 Å². The summed E-state index contributed by atoms with van der Waals surface area (Å²) in [7, 11) is 0. The topological polar surface area (TPSA) is 61.8 Å². The molecule has 5 rings (SSSR count). The van der Waals surface area contributed by atoms with E-state index in [2.05, 4.69) is 9.80 Å². The summed E-state index contributed by atoms with van der Waals surface area (Å²) in [5, 5.41) is 0. The fourth-order valence-electron chi connectivity index (χ4n) is 4.69. The summed E-state index contributed by atoms with van der Waals surface area (Å²) in [6.45, 7) is 5.20. The monoisotopic (exact) mass is 443 g/mol. The molecule has 0 atom stereocenters. The van der Waals surface area contributed by atoms with Crippen molar-refractivity contribution in [3.63, 3.8) is 0 Å². The number of hydrogen-bond acceptors (Lipinski definition) is 6. The van der Waals surface area contributed by atoms with Crippen molar-refractivity contribution >= 4 is 17.7 Å². The predicted octanol–water partition coefficient (Wildman–Crippen LogP) is 2.78. The Kier molecular flexibility index (Phi) is 5.91. The third-order valence-corrected chi connectivity index (χ3v) is 6.44. The number of hydrogen-bond donors (Lipinski definition) is 0. The number of amides is 1. The molecule has 32 heavy (non-hydrogen) atoms. The van der Waals surface area contributed by atoms with Crippen molar-refractivity contribution in [2.45, 2.75) is 32.2 Å². The van der Waals surface area contributed by atoms with Crippen LogP contribution in [0.15, 0.2) is 18.2 Å². The van der Waals surface area contributed by atoms with Gasteiger partial charge in [0.1, 0.15) is 23.0 Å². The zero-order chi connectivity index (χ0) is 22.1. The maximum Gasteiger partial charge on any atom is 0.260 e. The smallest absolute Gasteiger partial charge is 0.260 e. The summed E-state index contributed by atoms with van der Waals surface area (Å²) < 4.78 is 34.0. The minimum atomic E-state index is -0.837. The van der Waals surface area contributed by atoms with E-state index in [1.54, 1.807) is 0 Å². The Balaban J connectivity index is 1.49. The van der Waals surface area contributed by atoms with E-state index in [0.29, 0.717) is 32.1 Å².